The molecular formula is C24H29N3O4. The first-order valence-corrected chi connectivity index (χ1v) is 10.4. The van der Waals surface area contributed by atoms with Crippen LogP contribution in [0.3, 0.4) is 0 Å². The highest BCUT2D eigenvalue weighted by atomic mass is 16.6. The average Bonchev–Trinajstić information content (AvgIpc) is 3.14. The van der Waals surface area contributed by atoms with Gasteiger partial charge in [-0.05, 0) is 56.5 Å². The Hall–Kier alpha value is -3.19. The van der Waals surface area contributed by atoms with E-state index in [-0.39, 0.29) is 6.04 Å². The average molecular weight is 424 g/mol. The first kappa shape index (κ1) is 22.5. The number of likely N-dealkylation sites (tertiary alicyclic amines) is 1. The second-order valence-electron chi connectivity index (χ2n) is 8.63. The molecule has 7 heteroatoms. The number of ether oxygens (including phenoxy) is 1. The molecule has 0 unspecified atom stereocenters. The number of amides is 1. The molecule has 1 saturated heterocycles. The summed E-state index contributed by atoms with van der Waals surface area (Å²) < 4.78 is 5.67. The molecule has 1 aliphatic rings. The predicted octanol–water partition coefficient (Wildman–Crippen LogP) is 4.20. The molecule has 1 aliphatic heterocycles. The molecule has 2 heterocycles. The lowest BCUT2D eigenvalue weighted by molar-refractivity contribution is -0.131. The zero-order valence-electron chi connectivity index (χ0n) is 18.2. The van der Waals surface area contributed by atoms with E-state index < -0.39 is 17.7 Å². The fourth-order valence-electron chi connectivity index (χ4n) is 3.56. The van der Waals surface area contributed by atoms with Gasteiger partial charge in [-0.15, -0.1) is 0 Å². The van der Waals surface area contributed by atoms with Crippen LogP contribution in [0.4, 0.5) is 10.6 Å². The molecule has 0 bridgehead atoms. The number of carbonyl (C=O) groups is 2. The summed E-state index contributed by atoms with van der Waals surface area (Å²) in [6.45, 7) is 7.94. The van der Waals surface area contributed by atoms with Gasteiger partial charge in [0, 0.05) is 31.9 Å². The number of benzene rings is 1. The Morgan fingerprint density at radius 2 is 1.97 bits per heavy atom. The molecule has 1 N–H and O–H groups in total. The van der Waals surface area contributed by atoms with Crippen molar-refractivity contribution >= 4 is 24.0 Å². The molecule has 1 fully saturated rings. The van der Waals surface area contributed by atoms with Crippen LogP contribution in [0.1, 0.15) is 38.3 Å². The summed E-state index contributed by atoms with van der Waals surface area (Å²) in [5, 5.41) is 8.79. The number of anilines is 1. The van der Waals surface area contributed by atoms with Gasteiger partial charge >= 0.3 is 12.1 Å². The number of carboxylic acid groups (broad SMARTS) is 1. The van der Waals surface area contributed by atoms with E-state index in [4.69, 9.17) is 9.84 Å². The fourth-order valence-corrected chi connectivity index (χ4v) is 3.56. The lowest BCUT2D eigenvalue weighted by Crippen LogP contribution is -2.45. The third-order valence-corrected chi connectivity index (χ3v) is 4.89. The zero-order valence-corrected chi connectivity index (χ0v) is 18.2. The number of carbonyl (C=O) groups excluding carboxylic acids is 1. The molecule has 1 atom stereocenters. The summed E-state index contributed by atoms with van der Waals surface area (Å²) in [5.74, 6) is -0.530. The Labute approximate surface area is 183 Å². The predicted molar refractivity (Wildman–Crippen MR) is 120 cm³/mol. The monoisotopic (exact) mass is 423 g/mol. The van der Waals surface area contributed by atoms with E-state index in [0.29, 0.717) is 11.4 Å². The van der Waals surface area contributed by atoms with Crippen molar-refractivity contribution in [2.75, 3.05) is 18.0 Å². The van der Waals surface area contributed by atoms with Crippen LogP contribution in [-0.4, -0.2) is 51.8 Å². The number of carboxylic acids is 1. The van der Waals surface area contributed by atoms with E-state index in [2.05, 4.69) is 22.0 Å². The van der Waals surface area contributed by atoms with Gasteiger partial charge in [0.05, 0.1) is 6.04 Å². The van der Waals surface area contributed by atoms with Crippen LogP contribution in [0.2, 0.25) is 0 Å². The second kappa shape index (κ2) is 9.75. The highest BCUT2D eigenvalue weighted by Crippen LogP contribution is 2.25. The van der Waals surface area contributed by atoms with Crippen molar-refractivity contribution < 1.29 is 19.4 Å². The SMILES string of the molecule is CC(C)(C)OC(=O)N(c1ccc(C=CC(=O)O)cn1)[C@@H]1CCN(Cc2ccccc2)C1. The van der Waals surface area contributed by atoms with Crippen molar-refractivity contribution in [3.8, 4) is 0 Å². The van der Waals surface area contributed by atoms with Gasteiger partial charge in [-0.2, -0.15) is 0 Å². The molecule has 0 saturated carbocycles. The number of rotatable bonds is 6. The Balaban J connectivity index is 1.78. The van der Waals surface area contributed by atoms with E-state index in [1.165, 1.54) is 11.6 Å². The van der Waals surface area contributed by atoms with Gasteiger partial charge in [0.15, 0.2) is 0 Å². The Morgan fingerprint density at radius 3 is 2.58 bits per heavy atom. The quantitative estimate of drug-likeness (QED) is 0.702. The van der Waals surface area contributed by atoms with E-state index in [0.717, 1.165) is 32.1 Å². The van der Waals surface area contributed by atoms with Crippen LogP contribution in [0.15, 0.2) is 54.7 Å². The molecule has 31 heavy (non-hydrogen) atoms. The normalized spacial score (nSPS) is 17.1. The van der Waals surface area contributed by atoms with Gasteiger partial charge in [-0.1, -0.05) is 30.3 Å². The maximum absolute atomic E-state index is 13.1. The summed E-state index contributed by atoms with van der Waals surface area (Å²) >= 11 is 0. The number of hydrogen-bond donors (Lipinski definition) is 1. The molecule has 164 valence electrons. The zero-order chi connectivity index (χ0) is 22.4. The summed E-state index contributed by atoms with van der Waals surface area (Å²) in [6.07, 6.45) is 4.46. The van der Waals surface area contributed by atoms with Crippen molar-refractivity contribution in [2.45, 2.75) is 45.4 Å². The number of hydrogen-bond acceptors (Lipinski definition) is 5. The lowest BCUT2D eigenvalue weighted by atomic mass is 10.2. The fraction of sp³-hybridized carbons (Fsp3) is 0.375. The first-order chi connectivity index (χ1) is 14.7. The molecule has 0 radical (unpaired) electrons. The van der Waals surface area contributed by atoms with Gasteiger partial charge in [-0.3, -0.25) is 9.80 Å². The summed E-state index contributed by atoms with van der Waals surface area (Å²) in [4.78, 5) is 32.2. The Kier molecular flexibility index (Phi) is 7.07. The van der Waals surface area contributed by atoms with Crippen molar-refractivity contribution in [3.63, 3.8) is 0 Å². The minimum absolute atomic E-state index is 0.0635. The van der Waals surface area contributed by atoms with E-state index in [1.807, 2.05) is 39.0 Å². The van der Waals surface area contributed by atoms with Gasteiger partial charge in [0.1, 0.15) is 11.4 Å². The van der Waals surface area contributed by atoms with Gasteiger partial charge in [0.2, 0.25) is 0 Å². The van der Waals surface area contributed by atoms with E-state index >= 15 is 0 Å². The molecule has 1 amide bonds. The molecule has 2 aromatic rings. The highest BCUT2D eigenvalue weighted by Gasteiger charge is 2.35. The molecule has 0 spiro atoms. The van der Waals surface area contributed by atoms with Crippen LogP contribution in [0, 0.1) is 0 Å². The van der Waals surface area contributed by atoms with Gasteiger partial charge in [0.25, 0.3) is 0 Å². The Bertz CT molecular complexity index is 920. The van der Waals surface area contributed by atoms with Gasteiger partial charge < -0.3 is 9.84 Å². The third kappa shape index (κ3) is 6.65. The van der Waals surface area contributed by atoms with Crippen LogP contribution in [0.25, 0.3) is 6.08 Å². The van der Waals surface area contributed by atoms with Crippen LogP contribution >= 0.6 is 0 Å². The minimum atomic E-state index is -1.02. The van der Waals surface area contributed by atoms with Crippen LogP contribution < -0.4 is 4.90 Å². The molecule has 3 rings (SSSR count). The molecular weight excluding hydrogens is 394 g/mol. The third-order valence-electron chi connectivity index (χ3n) is 4.89. The molecule has 1 aromatic heterocycles. The van der Waals surface area contributed by atoms with Crippen molar-refractivity contribution in [1.29, 1.82) is 0 Å². The highest BCUT2D eigenvalue weighted by molar-refractivity contribution is 5.88. The smallest absolute Gasteiger partial charge is 0.416 e. The number of nitrogens with zero attached hydrogens (tertiary/aromatic N) is 3. The summed E-state index contributed by atoms with van der Waals surface area (Å²) in [5.41, 5.74) is 1.26. The number of aromatic nitrogens is 1. The first-order valence-electron chi connectivity index (χ1n) is 10.4. The summed E-state index contributed by atoms with van der Waals surface area (Å²) in [7, 11) is 0. The number of pyridine rings is 1. The summed E-state index contributed by atoms with van der Waals surface area (Å²) in [6, 6.07) is 13.7. The van der Waals surface area contributed by atoms with Crippen LogP contribution in [-0.2, 0) is 16.1 Å². The second-order valence-corrected chi connectivity index (χ2v) is 8.63. The van der Waals surface area contributed by atoms with Crippen molar-refractivity contribution in [2.24, 2.45) is 0 Å². The number of aliphatic carboxylic acids is 1. The largest absolute Gasteiger partial charge is 0.478 e. The molecule has 1 aromatic carbocycles. The maximum Gasteiger partial charge on any atom is 0.416 e. The van der Waals surface area contributed by atoms with Crippen molar-refractivity contribution in [1.82, 2.24) is 9.88 Å². The molecule has 0 aliphatic carbocycles. The van der Waals surface area contributed by atoms with Gasteiger partial charge in [-0.25, -0.2) is 14.6 Å². The van der Waals surface area contributed by atoms with E-state index in [1.54, 1.807) is 23.2 Å². The lowest BCUT2D eigenvalue weighted by Gasteiger charge is -2.31. The Morgan fingerprint density at radius 1 is 1.23 bits per heavy atom. The topological polar surface area (TPSA) is 83.0 Å². The van der Waals surface area contributed by atoms with Crippen LogP contribution in [0.5, 0.6) is 0 Å². The maximum atomic E-state index is 13.1. The van der Waals surface area contributed by atoms with E-state index in [9.17, 15) is 9.59 Å². The molecule has 7 nitrogen and oxygen atoms in total. The standard InChI is InChI=1S/C24H29N3O4/c1-24(2,3)31-23(30)27(21-11-9-18(15-25-21)10-12-22(28)29)20-13-14-26(17-20)16-19-7-5-4-6-8-19/h4-12,15,20H,13-14,16-17H2,1-3H3,(H,28,29)/t20-/m1/s1. The minimum Gasteiger partial charge on any atom is -0.478 e. The van der Waals surface area contributed by atoms with Crippen molar-refractivity contribution in [3.05, 3.63) is 65.9 Å².